The highest BCUT2D eigenvalue weighted by molar-refractivity contribution is 8.76. The molecule has 0 radical (unpaired) electrons. The molecule has 1 aromatic carbocycles. The second kappa shape index (κ2) is 12.5. The topological polar surface area (TPSA) is 143 Å². The van der Waals surface area contributed by atoms with E-state index in [1.54, 1.807) is 16.9 Å². The van der Waals surface area contributed by atoms with E-state index in [1.807, 2.05) is 36.4 Å². The summed E-state index contributed by atoms with van der Waals surface area (Å²) in [5.74, 6) is -1.66. The van der Waals surface area contributed by atoms with Crippen molar-refractivity contribution in [3.8, 4) is 0 Å². The fourth-order valence-corrected chi connectivity index (χ4v) is 6.18. The number of esters is 1. The van der Waals surface area contributed by atoms with Crippen LogP contribution in [0.15, 0.2) is 42.5 Å². The Morgan fingerprint density at radius 2 is 1.76 bits per heavy atom. The van der Waals surface area contributed by atoms with Crippen LogP contribution < -0.4 is 21.3 Å². The predicted molar refractivity (Wildman–Crippen MR) is 140 cm³/mol. The molecule has 2 fully saturated rings. The molecule has 1 aliphatic carbocycles. The fraction of sp³-hybridized carbons (Fsp3) is 0.480. The predicted octanol–water partition coefficient (Wildman–Crippen LogP) is 0.621. The van der Waals surface area contributed by atoms with E-state index in [-0.39, 0.29) is 25.1 Å². The standard InChI is InChI=1S/C25H30N4O6S2/c30-20-13-17-8-4-5-11-36-37-15-19(28-22(32)18(27-20)12-16-6-2-1-3-7-16)23(33)29-25(9-10-25)24(34)26-14-21(31)35-17/h1-4,6-8,17-19H,5,9-15H2,(H,26,34)(H,27,30)(H,28,32)(H,29,33)/b8-4+/t17-,18+,19-/m0/s1. The van der Waals surface area contributed by atoms with Gasteiger partial charge in [-0.2, -0.15) is 0 Å². The van der Waals surface area contributed by atoms with Gasteiger partial charge in [-0.25, -0.2) is 0 Å². The molecule has 37 heavy (non-hydrogen) atoms. The zero-order chi connectivity index (χ0) is 26.3. The Hall–Kier alpha value is -2.99. The summed E-state index contributed by atoms with van der Waals surface area (Å²) < 4.78 is 5.47. The van der Waals surface area contributed by atoms with Crippen molar-refractivity contribution < 1.29 is 28.7 Å². The van der Waals surface area contributed by atoms with Gasteiger partial charge in [0.05, 0.1) is 6.42 Å². The Morgan fingerprint density at radius 3 is 2.51 bits per heavy atom. The minimum Gasteiger partial charge on any atom is -0.456 e. The zero-order valence-corrected chi connectivity index (χ0v) is 21.8. The first-order valence-corrected chi connectivity index (χ1v) is 14.7. The Balaban J connectivity index is 1.65. The molecule has 12 heteroatoms. The first-order valence-electron chi connectivity index (χ1n) is 12.2. The zero-order valence-electron chi connectivity index (χ0n) is 20.2. The Bertz CT molecular complexity index is 1060. The highest BCUT2D eigenvalue weighted by atomic mass is 33.1. The van der Waals surface area contributed by atoms with Crippen molar-refractivity contribution >= 4 is 51.2 Å². The van der Waals surface area contributed by atoms with E-state index in [9.17, 15) is 24.0 Å². The largest absolute Gasteiger partial charge is 0.456 e. The van der Waals surface area contributed by atoms with Gasteiger partial charge in [-0.05, 0) is 30.9 Å². The second-order valence-electron chi connectivity index (χ2n) is 9.18. The SMILES string of the molecule is O=C1C[C@@H]2/C=C/CCSSC[C@H](NC(=O)[C@@H](Cc3ccccc3)N1)C(=O)NC1(CC1)C(=O)NCC(=O)O2. The minimum atomic E-state index is -1.11. The molecule has 3 aliphatic rings. The van der Waals surface area contributed by atoms with Gasteiger partial charge in [0.25, 0.3) is 0 Å². The van der Waals surface area contributed by atoms with Crippen LogP contribution in [0.2, 0.25) is 0 Å². The van der Waals surface area contributed by atoms with Crippen molar-refractivity contribution in [1.29, 1.82) is 0 Å². The quantitative estimate of drug-likeness (QED) is 0.240. The first kappa shape index (κ1) is 27.1. The molecule has 0 aromatic heterocycles. The number of allylic oxidation sites excluding steroid dienone is 1. The minimum absolute atomic E-state index is 0.190. The van der Waals surface area contributed by atoms with Crippen LogP contribution in [0.3, 0.4) is 0 Å². The molecule has 4 rings (SSSR count). The number of ether oxygens (including phenoxy) is 1. The van der Waals surface area contributed by atoms with Crippen LogP contribution in [-0.4, -0.2) is 71.4 Å². The molecule has 2 bridgehead atoms. The third-order valence-corrected chi connectivity index (χ3v) is 8.66. The lowest BCUT2D eigenvalue weighted by atomic mass is 10.0. The third kappa shape index (κ3) is 7.75. The van der Waals surface area contributed by atoms with Crippen LogP contribution in [0.25, 0.3) is 0 Å². The average Bonchev–Trinajstić information content (AvgIpc) is 3.65. The van der Waals surface area contributed by atoms with Gasteiger partial charge in [-0.1, -0.05) is 58.0 Å². The lowest BCUT2D eigenvalue weighted by Gasteiger charge is -2.26. The van der Waals surface area contributed by atoms with E-state index in [0.29, 0.717) is 19.3 Å². The number of hydrogen-bond donors (Lipinski definition) is 4. The van der Waals surface area contributed by atoms with Crippen LogP contribution >= 0.6 is 21.6 Å². The Kier molecular flexibility index (Phi) is 9.14. The lowest BCUT2D eigenvalue weighted by Crippen LogP contribution is -2.59. The molecule has 1 spiro atoms. The number of hydrogen-bond acceptors (Lipinski definition) is 8. The van der Waals surface area contributed by atoms with Crippen molar-refractivity contribution in [3.05, 3.63) is 48.0 Å². The average molecular weight is 547 g/mol. The van der Waals surface area contributed by atoms with Crippen molar-refractivity contribution in [2.24, 2.45) is 0 Å². The van der Waals surface area contributed by atoms with Gasteiger partial charge in [-0.15, -0.1) is 0 Å². The molecule has 2 heterocycles. The van der Waals surface area contributed by atoms with Crippen molar-refractivity contribution in [1.82, 2.24) is 21.3 Å². The van der Waals surface area contributed by atoms with Crippen molar-refractivity contribution in [2.45, 2.75) is 55.8 Å². The fourth-order valence-electron chi connectivity index (χ4n) is 4.03. The Morgan fingerprint density at radius 1 is 0.973 bits per heavy atom. The number of carbonyl (C=O) groups is 5. The van der Waals surface area contributed by atoms with Crippen LogP contribution in [0.5, 0.6) is 0 Å². The van der Waals surface area contributed by atoms with Crippen LogP contribution in [-0.2, 0) is 35.1 Å². The molecule has 1 saturated heterocycles. The maximum absolute atomic E-state index is 13.4. The van der Waals surface area contributed by atoms with Crippen LogP contribution in [0.1, 0.15) is 31.2 Å². The summed E-state index contributed by atoms with van der Waals surface area (Å²) in [6.07, 6.45) is 4.18. The molecule has 1 saturated carbocycles. The number of amides is 4. The maximum atomic E-state index is 13.4. The van der Waals surface area contributed by atoms with E-state index < -0.39 is 53.3 Å². The smallest absolute Gasteiger partial charge is 0.326 e. The molecule has 198 valence electrons. The van der Waals surface area contributed by atoms with E-state index in [0.717, 1.165) is 11.3 Å². The monoisotopic (exact) mass is 546 g/mol. The summed E-state index contributed by atoms with van der Waals surface area (Å²) in [4.78, 5) is 64.9. The third-order valence-electron chi connectivity index (χ3n) is 6.21. The van der Waals surface area contributed by atoms with E-state index in [4.69, 9.17) is 4.74 Å². The lowest BCUT2D eigenvalue weighted by molar-refractivity contribution is -0.148. The van der Waals surface area contributed by atoms with Gasteiger partial charge in [-0.3, -0.25) is 24.0 Å². The van der Waals surface area contributed by atoms with Gasteiger partial charge in [0.15, 0.2) is 0 Å². The molecular weight excluding hydrogens is 516 g/mol. The maximum Gasteiger partial charge on any atom is 0.326 e. The first-order chi connectivity index (χ1) is 17.8. The number of carbonyl (C=O) groups excluding carboxylic acids is 5. The summed E-state index contributed by atoms with van der Waals surface area (Å²) in [6.45, 7) is -0.384. The van der Waals surface area contributed by atoms with Gasteiger partial charge >= 0.3 is 5.97 Å². The van der Waals surface area contributed by atoms with Crippen molar-refractivity contribution in [3.63, 3.8) is 0 Å². The Labute approximate surface area is 222 Å². The molecule has 0 unspecified atom stereocenters. The van der Waals surface area contributed by atoms with Crippen molar-refractivity contribution in [2.75, 3.05) is 18.1 Å². The van der Waals surface area contributed by atoms with Gasteiger partial charge < -0.3 is 26.0 Å². The van der Waals surface area contributed by atoms with E-state index in [1.165, 1.54) is 10.8 Å². The number of fused-ring (bicyclic) bond motifs is 7. The molecule has 4 N–H and O–H groups in total. The molecule has 3 atom stereocenters. The number of nitrogens with one attached hydrogen (secondary N) is 4. The summed E-state index contributed by atoms with van der Waals surface area (Å²) in [5.41, 5.74) is -0.280. The van der Waals surface area contributed by atoms with E-state index >= 15 is 0 Å². The molecule has 10 nitrogen and oxygen atoms in total. The highest BCUT2D eigenvalue weighted by Gasteiger charge is 2.52. The highest BCUT2D eigenvalue weighted by Crippen LogP contribution is 2.36. The summed E-state index contributed by atoms with van der Waals surface area (Å²) in [7, 11) is 2.99. The molecule has 1 aromatic rings. The normalized spacial score (nSPS) is 28.1. The number of benzene rings is 1. The summed E-state index contributed by atoms with van der Waals surface area (Å²) in [5, 5.41) is 10.9. The van der Waals surface area contributed by atoms with Gasteiger partial charge in [0, 0.05) is 17.9 Å². The molecule has 4 amide bonds. The molecular formula is C25H30N4O6S2. The van der Waals surface area contributed by atoms with Gasteiger partial charge in [0.2, 0.25) is 23.6 Å². The van der Waals surface area contributed by atoms with Gasteiger partial charge in [0.1, 0.15) is 30.3 Å². The number of rotatable bonds is 2. The van der Waals surface area contributed by atoms with E-state index in [2.05, 4.69) is 21.3 Å². The van der Waals surface area contributed by atoms with Crippen LogP contribution in [0, 0.1) is 0 Å². The summed E-state index contributed by atoms with van der Waals surface area (Å²) in [6, 6.07) is 7.35. The van der Waals surface area contributed by atoms with Crippen LogP contribution in [0.4, 0.5) is 0 Å². The molecule has 2 aliphatic heterocycles. The summed E-state index contributed by atoms with van der Waals surface area (Å²) >= 11 is 0. The second-order valence-corrected chi connectivity index (χ2v) is 11.8.